The Morgan fingerprint density at radius 2 is 2.23 bits per heavy atom. The number of nitrogens with one attached hydrogen (secondary N) is 2. The standard InChI is InChI=1S/C19H27N3O4/c23-17(22-10-12-3-2-6-20-9-12)8-14-7-15-19(25-14)18(24)16(26-15)11-21-13-4-1-5-13/h2-3,6,9,13-16,18-19,21,24H,1,4-5,7-8,10-11H2,(H,22,23)/t14-,15+,16+,18+,19-/m0/s1. The summed E-state index contributed by atoms with van der Waals surface area (Å²) in [6.45, 7) is 1.12. The van der Waals surface area contributed by atoms with Crippen molar-refractivity contribution in [1.29, 1.82) is 0 Å². The Balaban J connectivity index is 1.19. The number of fused-ring (bicyclic) bond motifs is 1. The van der Waals surface area contributed by atoms with Crippen molar-refractivity contribution in [3.63, 3.8) is 0 Å². The average Bonchev–Trinajstić information content (AvgIpc) is 3.12. The molecule has 0 unspecified atom stereocenters. The summed E-state index contributed by atoms with van der Waals surface area (Å²) in [6.07, 6.45) is 6.60. The molecule has 2 aliphatic heterocycles. The van der Waals surface area contributed by atoms with Gasteiger partial charge in [0.15, 0.2) is 0 Å². The topological polar surface area (TPSA) is 92.7 Å². The molecule has 1 amide bonds. The second-order valence-electron chi connectivity index (χ2n) is 7.54. The lowest BCUT2D eigenvalue weighted by atomic mass is 9.93. The van der Waals surface area contributed by atoms with Gasteiger partial charge in [-0.2, -0.15) is 0 Å². The van der Waals surface area contributed by atoms with Gasteiger partial charge in [-0.1, -0.05) is 12.5 Å². The number of aliphatic hydroxyl groups is 1. The Bertz CT molecular complexity index is 610. The number of carbonyl (C=O) groups is 1. The first kappa shape index (κ1) is 17.9. The van der Waals surface area contributed by atoms with Crippen molar-refractivity contribution in [1.82, 2.24) is 15.6 Å². The second-order valence-corrected chi connectivity index (χ2v) is 7.54. The highest BCUT2D eigenvalue weighted by atomic mass is 16.6. The van der Waals surface area contributed by atoms with E-state index in [4.69, 9.17) is 9.47 Å². The number of ether oxygens (including phenoxy) is 2. The van der Waals surface area contributed by atoms with E-state index in [0.717, 1.165) is 5.56 Å². The van der Waals surface area contributed by atoms with Crippen LogP contribution in [0.5, 0.6) is 0 Å². The van der Waals surface area contributed by atoms with E-state index in [2.05, 4.69) is 15.6 Å². The summed E-state index contributed by atoms with van der Waals surface area (Å²) in [4.78, 5) is 16.2. The highest BCUT2D eigenvalue weighted by molar-refractivity contribution is 5.76. The maximum absolute atomic E-state index is 12.1. The molecule has 142 valence electrons. The van der Waals surface area contributed by atoms with Crippen LogP contribution in [0.1, 0.15) is 37.7 Å². The summed E-state index contributed by atoms with van der Waals surface area (Å²) >= 11 is 0. The zero-order chi connectivity index (χ0) is 17.9. The summed E-state index contributed by atoms with van der Waals surface area (Å²) in [5.41, 5.74) is 0.964. The van der Waals surface area contributed by atoms with Gasteiger partial charge in [0.1, 0.15) is 12.2 Å². The summed E-state index contributed by atoms with van der Waals surface area (Å²) in [7, 11) is 0. The van der Waals surface area contributed by atoms with Crippen molar-refractivity contribution in [3.8, 4) is 0 Å². The van der Waals surface area contributed by atoms with Gasteiger partial charge in [-0.25, -0.2) is 0 Å². The molecule has 26 heavy (non-hydrogen) atoms. The monoisotopic (exact) mass is 361 g/mol. The smallest absolute Gasteiger partial charge is 0.222 e. The SMILES string of the molecule is O=C(C[C@@H]1C[C@H]2O[C@H](CNC3CCC3)[C@@H](O)[C@H]2O1)NCc1cccnc1. The molecule has 5 atom stereocenters. The van der Waals surface area contributed by atoms with Crippen molar-refractivity contribution in [2.45, 2.75) is 75.2 Å². The van der Waals surface area contributed by atoms with Crippen LogP contribution in [0, 0.1) is 0 Å². The van der Waals surface area contributed by atoms with Gasteiger partial charge in [0, 0.05) is 37.9 Å². The van der Waals surface area contributed by atoms with E-state index in [1.54, 1.807) is 12.4 Å². The van der Waals surface area contributed by atoms with E-state index >= 15 is 0 Å². The van der Waals surface area contributed by atoms with Crippen LogP contribution in [0.25, 0.3) is 0 Å². The normalized spacial score (nSPS) is 33.7. The van der Waals surface area contributed by atoms with Crippen LogP contribution in [0.2, 0.25) is 0 Å². The number of rotatable bonds is 7. The van der Waals surface area contributed by atoms with Crippen LogP contribution >= 0.6 is 0 Å². The van der Waals surface area contributed by atoms with Crippen LogP contribution < -0.4 is 10.6 Å². The van der Waals surface area contributed by atoms with Crippen LogP contribution in [0.15, 0.2) is 24.5 Å². The molecule has 1 aromatic rings. The maximum atomic E-state index is 12.1. The van der Waals surface area contributed by atoms with Gasteiger partial charge in [-0.15, -0.1) is 0 Å². The quantitative estimate of drug-likeness (QED) is 0.656. The van der Waals surface area contributed by atoms with Gasteiger partial charge in [-0.3, -0.25) is 9.78 Å². The third-order valence-electron chi connectivity index (χ3n) is 5.62. The molecule has 1 aromatic heterocycles. The molecular formula is C19H27N3O4. The van der Waals surface area contributed by atoms with Crippen molar-refractivity contribution in [2.24, 2.45) is 0 Å². The molecular weight excluding hydrogens is 334 g/mol. The van der Waals surface area contributed by atoms with Crippen LogP contribution in [0.4, 0.5) is 0 Å². The summed E-state index contributed by atoms with van der Waals surface area (Å²) in [6, 6.07) is 4.34. The minimum Gasteiger partial charge on any atom is -0.388 e. The first-order chi connectivity index (χ1) is 12.7. The fourth-order valence-electron chi connectivity index (χ4n) is 3.89. The zero-order valence-corrected chi connectivity index (χ0v) is 14.8. The summed E-state index contributed by atoms with van der Waals surface area (Å²) in [5.74, 6) is -0.0588. The van der Waals surface area contributed by atoms with Crippen LogP contribution in [-0.2, 0) is 20.8 Å². The Morgan fingerprint density at radius 1 is 1.35 bits per heavy atom. The van der Waals surface area contributed by atoms with E-state index < -0.39 is 6.10 Å². The maximum Gasteiger partial charge on any atom is 0.222 e. The molecule has 7 nitrogen and oxygen atoms in total. The molecule has 7 heteroatoms. The van der Waals surface area contributed by atoms with Crippen molar-refractivity contribution in [2.75, 3.05) is 6.54 Å². The molecule has 3 N–H and O–H groups in total. The van der Waals surface area contributed by atoms with E-state index in [1.807, 2.05) is 12.1 Å². The minimum atomic E-state index is -0.629. The molecule has 3 heterocycles. The first-order valence-corrected chi connectivity index (χ1v) is 9.57. The number of hydrogen-bond acceptors (Lipinski definition) is 6. The van der Waals surface area contributed by atoms with E-state index in [-0.39, 0.29) is 36.7 Å². The zero-order valence-electron chi connectivity index (χ0n) is 14.8. The lowest BCUT2D eigenvalue weighted by molar-refractivity contribution is -0.124. The van der Waals surface area contributed by atoms with E-state index in [0.29, 0.717) is 25.6 Å². The Labute approximate surface area is 153 Å². The van der Waals surface area contributed by atoms with Crippen molar-refractivity contribution in [3.05, 3.63) is 30.1 Å². The lowest BCUT2D eigenvalue weighted by Gasteiger charge is -2.29. The molecule has 1 saturated carbocycles. The highest BCUT2D eigenvalue weighted by Gasteiger charge is 2.50. The molecule has 1 aliphatic carbocycles. The molecule has 0 aromatic carbocycles. The predicted octanol–water partition coefficient (Wildman–Crippen LogP) is 0.516. The fraction of sp³-hybridized carbons (Fsp3) is 0.684. The van der Waals surface area contributed by atoms with Crippen LogP contribution in [0.3, 0.4) is 0 Å². The fourth-order valence-corrected chi connectivity index (χ4v) is 3.89. The number of hydrogen-bond donors (Lipinski definition) is 3. The van der Waals surface area contributed by atoms with E-state index in [1.165, 1.54) is 19.3 Å². The molecule has 0 bridgehead atoms. The Morgan fingerprint density at radius 3 is 2.92 bits per heavy atom. The molecule has 0 radical (unpaired) electrons. The molecule has 4 rings (SSSR count). The number of aliphatic hydroxyl groups excluding tert-OH is 1. The number of pyridine rings is 1. The largest absolute Gasteiger partial charge is 0.388 e. The number of aromatic nitrogens is 1. The van der Waals surface area contributed by atoms with Gasteiger partial charge < -0.3 is 25.2 Å². The van der Waals surface area contributed by atoms with Crippen LogP contribution in [-0.4, -0.2) is 59.1 Å². The number of nitrogens with zero attached hydrogens (tertiary/aromatic N) is 1. The van der Waals surface area contributed by atoms with Gasteiger partial charge >= 0.3 is 0 Å². The van der Waals surface area contributed by atoms with Crippen molar-refractivity contribution >= 4 is 5.91 Å². The van der Waals surface area contributed by atoms with Crippen molar-refractivity contribution < 1.29 is 19.4 Å². The number of amides is 1. The lowest BCUT2D eigenvalue weighted by Crippen LogP contribution is -2.44. The molecule has 2 saturated heterocycles. The Hall–Kier alpha value is -1.54. The van der Waals surface area contributed by atoms with Gasteiger partial charge in [0.25, 0.3) is 0 Å². The number of carbonyl (C=O) groups excluding carboxylic acids is 1. The third-order valence-corrected chi connectivity index (χ3v) is 5.62. The van der Waals surface area contributed by atoms with Gasteiger partial charge in [0.2, 0.25) is 5.91 Å². The first-order valence-electron chi connectivity index (χ1n) is 9.57. The Kier molecular flexibility index (Phi) is 5.49. The average molecular weight is 361 g/mol. The molecule has 3 aliphatic rings. The van der Waals surface area contributed by atoms with E-state index in [9.17, 15) is 9.90 Å². The third kappa shape index (κ3) is 4.06. The predicted molar refractivity (Wildman–Crippen MR) is 94.3 cm³/mol. The summed E-state index contributed by atoms with van der Waals surface area (Å²) in [5, 5.41) is 16.8. The van der Waals surface area contributed by atoms with Gasteiger partial charge in [0.05, 0.1) is 24.7 Å². The van der Waals surface area contributed by atoms with Gasteiger partial charge in [-0.05, 0) is 24.5 Å². The molecule has 0 spiro atoms. The molecule has 3 fully saturated rings. The minimum absolute atomic E-state index is 0.0588. The highest BCUT2D eigenvalue weighted by Crippen LogP contribution is 2.35. The summed E-state index contributed by atoms with van der Waals surface area (Å²) < 4.78 is 11.9. The second kappa shape index (κ2) is 8.00.